The molecule has 0 saturated heterocycles. The van der Waals surface area contributed by atoms with Crippen LogP contribution in [0, 0.1) is 5.92 Å². The highest BCUT2D eigenvalue weighted by atomic mass is 16.5. The summed E-state index contributed by atoms with van der Waals surface area (Å²) in [6.07, 6.45) is 7.62. The Morgan fingerprint density at radius 3 is 2.35 bits per heavy atom. The molecule has 2 nitrogen and oxygen atoms in total. The summed E-state index contributed by atoms with van der Waals surface area (Å²) >= 11 is 0. The Morgan fingerprint density at radius 2 is 1.71 bits per heavy atom. The van der Waals surface area contributed by atoms with Crippen molar-refractivity contribution >= 4 is 0 Å². The average Bonchev–Trinajstić information content (AvgIpc) is 2.28. The predicted octanol–water partition coefficient (Wildman–Crippen LogP) is 3.95. The van der Waals surface area contributed by atoms with Crippen molar-refractivity contribution in [2.45, 2.75) is 59.3 Å². The van der Waals surface area contributed by atoms with E-state index in [-0.39, 0.29) is 0 Å². The van der Waals surface area contributed by atoms with Crippen LogP contribution >= 0.6 is 0 Å². The maximum absolute atomic E-state index is 5.61. The van der Waals surface area contributed by atoms with E-state index in [4.69, 9.17) is 4.74 Å². The first-order chi connectivity index (χ1) is 8.20. The molecule has 0 aromatic carbocycles. The zero-order valence-electron chi connectivity index (χ0n) is 12.5. The van der Waals surface area contributed by atoms with Gasteiger partial charge >= 0.3 is 0 Å². The van der Waals surface area contributed by atoms with Crippen molar-refractivity contribution in [1.29, 1.82) is 0 Å². The van der Waals surface area contributed by atoms with E-state index in [1.807, 2.05) is 0 Å². The minimum atomic E-state index is 0.829. The molecule has 0 radical (unpaired) electrons. The quantitative estimate of drug-likeness (QED) is 0.481. The van der Waals surface area contributed by atoms with Crippen molar-refractivity contribution in [3.05, 3.63) is 0 Å². The topological polar surface area (TPSA) is 12.5 Å². The second kappa shape index (κ2) is 12.4. The number of nitrogens with zero attached hydrogens (tertiary/aromatic N) is 1. The van der Waals surface area contributed by atoms with Crippen molar-refractivity contribution in [2.24, 2.45) is 5.92 Å². The van der Waals surface area contributed by atoms with E-state index in [0.717, 1.165) is 19.1 Å². The molecule has 0 spiro atoms. The van der Waals surface area contributed by atoms with E-state index in [9.17, 15) is 0 Å². The van der Waals surface area contributed by atoms with Crippen LogP contribution in [0.25, 0.3) is 0 Å². The second-order valence-electron chi connectivity index (χ2n) is 5.33. The molecule has 0 saturated carbocycles. The third-order valence-corrected chi connectivity index (χ3v) is 3.13. The van der Waals surface area contributed by atoms with Crippen LogP contribution in [-0.2, 0) is 4.74 Å². The number of unbranched alkanes of at least 4 members (excludes halogenated alkanes) is 2. The minimum Gasteiger partial charge on any atom is -0.381 e. The van der Waals surface area contributed by atoms with Gasteiger partial charge in [-0.25, -0.2) is 0 Å². The van der Waals surface area contributed by atoms with Crippen LogP contribution in [0.5, 0.6) is 0 Å². The number of ether oxygens (including phenoxy) is 1. The van der Waals surface area contributed by atoms with Crippen molar-refractivity contribution < 1.29 is 4.74 Å². The van der Waals surface area contributed by atoms with Gasteiger partial charge in [-0.2, -0.15) is 0 Å². The van der Waals surface area contributed by atoms with Gasteiger partial charge in [-0.1, -0.05) is 40.0 Å². The maximum Gasteiger partial charge on any atom is 0.0478 e. The summed E-state index contributed by atoms with van der Waals surface area (Å²) in [6, 6.07) is 0. The van der Waals surface area contributed by atoms with E-state index < -0.39 is 0 Å². The highest BCUT2D eigenvalue weighted by molar-refractivity contribution is 4.58. The first kappa shape index (κ1) is 16.9. The fourth-order valence-electron chi connectivity index (χ4n) is 2.20. The van der Waals surface area contributed by atoms with Crippen LogP contribution in [0.3, 0.4) is 0 Å². The first-order valence-corrected chi connectivity index (χ1v) is 7.47. The standard InChI is InChI=1S/C15H33NO/c1-5-7-8-12-17-13-9-11-16(4)14-15(3)10-6-2/h15H,5-14H2,1-4H3. The monoisotopic (exact) mass is 243 g/mol. The molecule has 0 N–H and O–H groups in total. The lowest BCUT2D eigenvalue weighted by atomic mass is 10.1. The summed E-state index contributed by atoms with van der Waals surface area (Å²) in [4.78, 5) is 2.44. The van der Waals surface area contributed by atoms with Crippen LogP contribution in [-0.4, -0.2) is 38.3 Å². The van der Waals surface area contributed by atoms with Crippen molar-refractivity contribution in [1.82, 2.24) is 4.90 Å². The van der Waals surface area contributed by atoms with Gasteiger partial charge in [-0.15, -0.1) is 0 Å². The molecule has 0 fully saturated rings. The lowest BCUT2D eigenvalue weighted by molar-refractivity contribution is 0.118. The highest BCUT2D eigenvalue weighted by Gasteiger charge is 2.04. The van der Waals surface area contributed by atoms with Gasteiger partial charge in [0.05, 0.1) is 0 Å². The molecule has 17 heavy (non-hydrogen) atoms. The van der Waals surface area contributed by atoms with Crippen molar-refractivity contribution in [2.75, 3.05) is 33.4 Å². The van der Waals surface area contributed by atoms with Crippen molar-refractivity contribution in [3.8, 4) is 0 Å². The Kier molecular flexibility index (Phi) is 12.3. The zero-order chi connectivity index (χ0) is 12.9. The number of hydrogen-bond donors (Lipinski definition) is 0. The maximum atomic E-state index is 5.61. The molecule has 1 atom stereocenters. The van der Waals surface area contributed by atoms with Gasteiger partial charge < -0.3 is 9.64 Å². The molecule has 0 aromatic heterocycles. The van der Waals surface area contributed by atoms with Crippen LogP contribution in [0.15, 0.2) is 0 Å². The smallest absolute Gasteiger partial charge is 0.0478 e. The van der Waals surface area contributed by atoms with Crippen LogP contribution in [0.4, 0.5) is 0 Å². The first-order valence-electron chi connectivity index (χ1n) is 7.47. The average molecular weight is 243 g/mol. The molecule has 0 rings (SSSR count). The molecule has 2 heteroatoms. The summed E-state index contributed by atoms with van der Waals surface area (Å²) in [7, 11) is 2.23. The van der Waals surface area contributed by atoms with Crippen LogP contribution in [0.2, 0.25) is 0 Å². The van der Waals surface area contributed by atoms with Gasteiger partial charge in [0.25, 0.3) is 0 Å². The van der Waals surface area contributed by atoms with E-state index >= 15 is 0 Å². The Balaban J connectivity index is 3.24. The molecule has 1 unspecified atom stereocenters. The van der Waals surface area contributed by atoms with Crippen LogP contribution < -0.4 is 0 Å². The van der Waals surface area contributed by atoms with Gasteiger partial charge in [-0.3, -0.25) is 0 Å². The van der Waals surface area contributed by atoms with Gasteiger partial charge in [0, 0.05) is 26.3 Å². The minimum absolute atomic E-state index is 0.829. The summed E-state index contributed by atoms with van der Waals surface area (Å²) in [5.74, 6) is 0.829. The van der Waals surface area contributed by atoms with E-state index in [1.165, 1.54) is 51.6 Å². The summed E-state index contributed by atoms with van der Waals surface area (Å²) in [5, 5.41) is 0. The SMILES string of the molecule is CCCCCOCCCN(C)CC(C)CCC. The molecule has 0 aliphatic rings. The zero-order valence-corrected chi connectivity index (χ0v) is 12.5. The Hall–Kier alpha value is -0.0800. The van der Waals surface area contributed by atoms with E-state index in [2.05, 4.69) is 32.7 Å². The van der Waals surface area contributed by atoms with Gasteiger partial charge in [0.15, 0.2) is 0 Å². The Labute approximate surface area is 109 Å². The summed E-state index contributed by atoms with van der Waals surface area (Å²) < 4.78 is 5.61. The molecule has 0 aromatic rings. The van der Waals surface area contributed by atoms with Crippen LogP contribution in [0.1, 0.15) is 59.3 Å². The van der Waals surface area contributed by atoms with Gasteiger partial charge in [-0.05, 0) is 32.2 Å². The summed E-state index contributed by atoms with van der Waals surface area (Å²) in [6.45, 7) is 11.1. The lowest BCUT2D eigenvalue weighted by Crippen LogP contribution is -2.26. The molecule has 0 aliphatic heterocycles. The molecule has 0 heterocycles. The highest BCUT2D eigenvalue weighted by Crippen LogP contribution is 2.06. The largest absolute Gasteiger partial charge is 0.381 e. The Morgan fingerprint density at radius 1 is 1.00 bits per heavy atom. The molecular weight excluding hydrogens is 210 g/mol. The second-order valence-corrected chi connectivity index (χ2v) is 5.33. The normalized spacial score (nSPS) is 13.2. The van der Waals surface area contributed by atoms with Gasteiger partial charge in [0.1, 0.15) is 0 Å². The fourth-order valence-corrected chi connectivity index (χ4v) is 2.20. The Bertz CT molecular complexity index is 150. The lowest BCUT2D eigenvalue weighted by Gasteiger charge is -2.20. The molecule has 0 aliphatic carbocycles. The molecule has 0 bridgehead atoms. The third-order valence-electron chi connectivity index (χ3n) is 3.13. The van der Waals surface area contributed by atoms with E-state index in [0.29, 0.717) is 0 Å². The van der Waals surface area contributed by atoms with E-state index in [1.54, 1.807) is 0 Å². The number of rotatable bonds is 12. The van der Waals surface area contributed by atoms with Gasteiger partial charge in [0.2, 0.25) is 0 Å². The number of hydrogen-bond acceptors (Lipinski definition) is 2. The molecular formula is C15H33NO. The summed E-state index contributed by atoms with van der Waals surface area (Å²) in [5.41, 5.74) is 0. The predicted molar refractivity (Wildman–Crippen MR) is 76.5 cm³/mol. The molecule has 104 valence electrons. The fraction of sp³-hybridized carbons (Fsp3) is 1.00. The molecule has 0 amide bonds. The van der Waals surface area contributed by atoms with Crippen molar-refractivity contribution in [3.63, 3.8) is 0 Å². The third kappa shape index (κ3) is 12.2.